The number of rotatable bonds is 9. The maximum Gasteiger partial charge on any atom is 0.270 e. The second-order valence-corrected chi connectivity index (χ2v) is 7.97. The van der Waals surface area contributed by atoms with Crippen molar-refractivity contribution in [1.82, 2.24) is 14.8 Å². The van der Waals surface area contributed by atoms with Crippen molar-refractivity contribution in [2.45, 2.75) is 20.4 Å². The fraction of sp³-hybridized carbons (Fsp3) is 0.304. The van der Waals surface area contributed by atoms with Crippen LogP contribution in [0.15, 0.2) is 29.1 Å². The number of nitrogens with zero attached hydrogens (tertiary/aromatic N) is 3. The van der Waals surface area contributed by atoms with Gasteiger partial charge >= 0.3 is 0 Å². The zero-order valence-corrected chi connectivity index (χ0v) is 19.6. The van der Waals surface area contributed by atoms with E-state index in [0.717, 1.165) is 17.9 Å². The molecule has 1 aromatic heterocycles. The van der Waals surface area contributed by atoms with Crippen molar-refractivity contribution in [3.63, 3.8) is 0 Å². The lowest BCUT2D eigenvalue weighted by molar-refractivity contribution is -0.117. The van der Waals surface area contributed by atoms with E-state index >= 15 is 0 Å². The molecular weight excluding hydrogens is 440 g/mol. The van der Waals surface area contributed by atoms with Gasteiger partial charge in [-0.05, 0) is 38.7 Å². The number of likely N-dealkylation sites (N-methyl/N-ethyl adjacent to an activating group) is 1. The van der Waals surface area contributed by atoms with Crippen molar-refractivity contribution in [3.05, 3.63) is 43.8 Å². The van der Waals surface area contributed by atoms with Crippen LogP contribution in [0, 0.1) is 23.7 Å². The first-order valence-corrected chi connectivity index (χ1v) is 11.1. The highest BCUT2D eigenvalue weighted by Gasteiger charge is 2.14. The number of benzene rings is 1. The van der Waals surface area contributed by atoms with Crippen molar-refractivity contribution in [2.75, 3.05) is 37.3 Å². The highest BCUT2D eigenvalue weighted by Crippen LogP contribution is 2.15. The SMILES string of the molecule is C#CCNC(=O)/C(C#N)=c1\s/c(=C/Nc2cccc(NC(=O)CN(C)CC)c2)c(=O)n1CC. The summed E-state index contributed by atoms with van der Waals surface area (Å²) in [6.45, 7) is 5.04. The molecule has 1 aromatic carbocycles. The number of nitrogens with one attached hydrogen (secondary N) is 3. The van der Waals surface area contributed by atoms with Gasteiger partial charge in [0, 0.05) is 24.1 Å². The molecule has 33 heavy (non-hydrogen) atoms. The number of hydrogen-bond acceptors (Lipinski definition) is 7. The number of carbonyl (C=O) groups is 2. The highest BCUT2D eigenvalue weighted by atomic mass is 32.1. The molecular formula is C23H26N6O3S. The molecule has 0 aliphatic rings. The third-order valence-corrected chi connectivity index (χ3v) is 5.73. The Labute approximate surface area is 196 Å². The lowest BCUT2D eigenvalue weighted by Crippen LogP contribution is -2.34. The van der Waals surface area contributed by atoms with Crippen LogP contribution in [0.4, 0.5) is 11.4 Å². The predicted octanol–water partition coefficient (Wildman–Crippen LogP) is 0.0937. The average Bonchev–Trinajstić information content (AvgIpc) is 3.11. The minimum Gasteiger partial charge on any atom is -0.360 e. The zero-order valence-electron chi connectivity index (χ0n) is 18.8. The summed E-state index contributed by atoms with van der Waals surface area (Å²) in [4.78, 5) is 39.1. The Morgan fingerprint density at radius 2 is 2.03 bits per heavy atom. The Hall–Kier alpha value is -3.86. The number of amides is 2. The van der Waals surface area contributed by atoms with Crippen LogP contribution < -0.4 is 30.7 Å². The summed E-state index contributed by atoms with van der Waals surface area (Å²) in [7, 11) is 1.86. The zero-order chi connectivity index (χ0) is 24.4. The molecule has 2 amide bonds. The van der Waals surface area contributed by atoms with Gasteiger partial charge in [0.05, 0.1) is 13.1 Å². The summed E-state index contributed by atoms with van der Waals surface area (Å²) in [5, 5.41) is 17.8. The lowest BCUT2D eigenvalue weighted by atomic mass is 10.2. The first-order valence-electron chi connectivity index (χ1n) is 10.2. The van der Waals surface area contributed by atoms with Crippen LogP contribution >= 0.6 is 11.3 Å². The molecule has 172 valence electrons. The molecule has 3 N–H and O–H groups in total. The number of anilines is 2. The van der Waals surface area contributed by atoms with Crippen LogP contribution in [0.5, 0.6) is 0 Å². The number of nitriles is 1. The van der Waals surface area contributed by atoms with Crippen molar-refractivity contribution >= 4 is 46.3 Å². The summed E-state index contributed by atoms with van der Waals surface area (Å²) in [6.07, 6.45) is 6.67. The van der Waals surface area contributed by atoms with E-state index in [-0.39, 0.29) is 34.8 Å². The molecule has 0 aliphatic heterocycles. The maximum atomic E-state index is 12.8. The fourth-order valence-electron chi connectivity index (χ4n) is 2.80. The standard InChI is InChI=1S/C23H26N6O3S/c1-5-11-25-21(31)18(13-24)23-29(7-3)22(32)19(33-23)14-26-16-9-8-10-17(12-16)27-20(30)15-28(4)6-2/h1,8-10,12,14,26H,6-7,11,15H2,2-4H3,(H,25,31)(H,27,30)/b19-14+,23-18-. The van der Waals surface area contributed by atoms with Gasteiger partial charge in [0.2, 0.25) is 5.91 Å². The smallest absolute Gasteiger partial charge is 0.270 e. The van der Waals surface area contributed by atoms with Gasteiger partial charge in [0.15, 0.2) is 5.57 Å². The summed E-state index contributed by atoms with van der Waals surface area (Å²) >= 11 is 1.03. The Kier molecular flexibility index (Phi) is 9.43. The summed E-state index contributed by atoms with van der Waals surface area (Å²) in [6, 6.07) is 8.94. The predicted molar refractivity (Wildman–Crippen MR) is 131 cm³/mol. The molecule has 0 bridgehead atoms. The molecule has 0 atom stereocenters. The van der Waals surface area contributed by atoms with Gasteiger partial charge in [0.1, 0.15) is 15.3 Å². The molecule has 0 radical (unpaired) electrons. The van der Waals surface area contributed by atoms with Crippen LogP contribution in [-0.4, -0.2) is 48.0 Å². The number of thiazole rings is 1. The Morgan fingerprint density at radius 1 is 1.30 bits per heavy atom. The first kappa shape index (κ1) is 25.4. The maximum absolute atomic E-state index is 12.8. The van der Waals surface area contributed by atoms with Gasteiger partial charge in [-0.3, -0.25) is 23.9 Å². The van der Waals surface area contributed by atoms with E-state index in [2.05, 4.69) is 21.9 Å². The second kappa shape index (κ2) is 12.2. The molecule has 1 heterocycles. The number of hydrogen-bond donors (Lipinski definition) is 3. The monoisotopic (exact) mass is 466 g/mol. The van der Waals surface area contributed by atoms with Gasteiger partial charge in [-0.2, -0.15) is 5.26 Å². The topological polar surface area (TPSA) is 119 Å². The minimum absolute atomic E-state index is 0.0199. The quantitative estimate of drug-likeness (QED) is 0.451. The summed E-state index contributed by atoms with van der Waals surface area (Å²) in [5.41, 5.74) is 0.779. The first-order chi connectivity index (χ1) is 15.8. The molecule has 0 saturated heterocycles. The Balaban J connectivity index is 2.35. The van der Waals surface area contributed by atoms with E-state index in [4.69, 9.17) is 6.42 Å². The molecule has 0 saturated carbocycles. The lowest BCUT2D eigenvalue weighted by Gasteiger charge is -2.13. The number of carbonyl (C=O) groups excluding carboxylic acids is 2. The van der Waals surface area contributed by atoms with E-state index in [9.17, 15) is 19.6 Å². The molecule has 0 unspecified atom stereocenters. The summed E-state index contributed by atoms with van der Waals surface area (Å²) < 4.78 is 1.95. The van der Waals surface area contributed by atoms with Crippen LogP contribution in [0.2, 0.25) is 0 Å². The van der Waals surface area contributed by atoms with E-state index < -0.39 is 5.91 Å². The van der Waals surface area contributed by atoms with Gasteiger partial charge in [-0.15, -0.1) is 17.8 Å². The molecule has 0 aliphatic carbocycles. The van der Waals surface area contributed by atoms with Gasteiger partial charge in [-0.1, -0.05) is 18.9 Å². The molecule has 2 aromatic rings. The van der Waals surface area contributed by atoms with Crippen molar-refractivity contribution in [1.29, 1.82) is 5.26 Å². The van der Waals surface area contributed by atoms with Crippen LogP contribution in [-0.2, 0) is 16.1 Å². The van der Waals surface area contributed by atoms with Gasteiger partial charge < -0.3 is 16.0 Å². The molecule has 2 rings (SSSR count). The van der Waals surface area contributed by atoms with Crippen molar-refractivity contribution in [2.24, 2.45) is 0 Å². The molecule has 0 fully saturated rings. The third-order valence-electron chi connectivity index (χ3n) is 4.60. The van der Waals surface area contributed by atoms with Crippen LogP contribution in [0.3, 0.4) is 0 Å². The molecule has 9 nitrogen and oxygen atoms in total. The molecule has 10 heteroatoms. The van der Waals surface area contributed by atoms with Crippen LogP contribution in [0.1, 0.15) is 13.8 Å². The highest BCUT2D eigenvalue weighted by molar-refractivity contribution is 7.07. The van der Waals surface area contributed by atoms with Gasteiger partial charge in [-0.25, -0.2) is 0 Å². The fourth-order valence-corrected chi connectivity index (χ4v) is 3.89. The Morgan fingerprint density at radius 3 is 2.67 bits per heavy atom. The van der Waals surface area contributed by atoms with Crippen molar-refractivity contribution in [3.8, 4) is 18.4 Å². The van der Waals surface area contributed by atoms with Gasteiger partial charge in [0.25, 0.3) is 11.5 Å². The number of terminal acetylenes is 1. The average molecular weight is 467 g/mol. The number of aromatic nitrogens is 1. The van der Waals surface area contributed by atoms with E-state index in [1.165, 1.54) is 10.8 Å². The summed E-state index contributed by atoms with van der Waals surface area (Å²) in [5.74, 6) is 1.52. The minimum atomic E-state index is -0.629. The van der Waals surface area contributed by atoms with Crippen LogP contribution in [0.25, 0.3) is 11.8 Å². The van der Waals surface area contributed by atoms with Crippen molar-refractivity contribution < 1.29 is 9.59 Å². The third kappa shape index (κ3) is 6.81. The normalized spacial score (nSPS) is 12.0. The second-order valence-electron chi connectivity index (χ2n) is 6.94. The largest absolute Gasteiger partial charge is 0.360 e. The van der Waals surface area contributed by atoms with E-state index in [1.807, 2.05) is 24.9 Å². The van der Waals surface area contributed by atoms with E-state index in [1.54, 1.807) is 31.2 Å². The Bertz CT molecular complexity index is 1280. The molecule has 0 spiro atoms. The van der Waals surface area contributed by atoms with E-state index in [0.29, 0.717) is 22.5 Å².